The fourth-order valence-electron chi connectivity index (χ4n) is 1.35. The molecule has 8 heteroatoms. The summed E-state index contributed by atoms with van der Waals surface area (Å²) in [7, 11) is 1.17. The lowest BCUT2D eigenvalue weighted by atomic mass is 10.2. The number of amides is 2. The Labute approximate surface area is 112 Å². The smallest absolute Gasteiger partial charge is 0.339 e. The van der Waals surface area contributed by atoms with E-state index in [1.165, 1.54) is 25.2 Å². The molecule has 0 aliphatic rings. The van der Waals surface area contributed by atoms with Gasteiger partial charge in [-0.2, -0.15) is 0 Å². The molecule has 1 aromatic rings. The number of hydrogen-bond acceptors (Lipinski definition) is 2. The zero-order chi connectivity index (χ0) is 14.6. The van der Waals surface area contributed by atoms with E-state index in [9.17, 15) is 18.4 Å². The second-order valence-corrected chi connectivity index (χ2v) is 4.08. The first kappa shape index (κ1) is 15.2. The molecule has 2 N–H and O–H groups in total. The van der Waals surface area contributed by atoms with Crippen LogP contribution in [0.5, 0.6) is 0 Å². The molecule has 104 valence electrons. The number of carboxylic acids is 1. The van der Waals surface area contributed by atoms with Crippen LogP contribution < -0.4 is 5.32 Å². The maximum absolute atomic E-state index is 12.1. The fraction of sp³-hybridized carbons (Fsp3) is 0.273. The van der Waals surface area contributed by atoms with Crippen molar-refractivity contribution in [2.45, 2.75) is 6.43 Å². The molecule has 2 amide bonds. The summed E-state index contributed by atoms with van der Waals surface area (Å²) < 4.78 is 24.2. The Morgan fingerprint density at radius 2 is 2.11 bits per heavy atom. The number of urea groups is 1. The zero-order valence-electron chi connectivity index (χ0n) is 9.86. The van der Waals surface area contributed by atoms with E-state index in [0.29, 0.717) is 0 Å². The van der Waals surface area contributed by atoms with Crippen LogP contribution in [0.15, 0.2) is 18.2 Å². The number of hydrogen-bond donors (Lipinski definition) is 2. The lowest BCUT2D eigenvalue weighted by molar-refractivity contribution is 0.0698. The first-order valence-corrected chi connectivity index (χ1v) is 5.52. The van der Waals surface area contributed by atoms with Crippen LogP contribution in [0.1, 0.15) is 10.4 Å². The van der Waals surface area contributed by atoms with Gasteiger partial charge in [0, 0.05) is 7.05 Å². The molecule has 0 saturated heterocycles. The van der Waals surface area contributed by atoms with Crippen LogP contribution >= 0.6 is 11.6 Å². The molecular formula is C11H11ClF2N2O3. The first-order chi connectivity index (χ1) is 8.82. The van der Waals surface area contributed by atoms with E-state index >= 15 is 0 Å². The highest BCUT2D eigenvalue weighted by atomic mass is 35.5. The van der Waals surface area contributed by atoms with E-state index in [1.807, 2.05) is 0 Å². The van der Waals surface area contributed by atoms with E-state index in [1.54, 1.807) is 0 Å². The van der Waals surface area contributed by atoms with Crippen molar-refractivity contribution in [1.29, 1.82) is 0 Å². The molecule has 19 heavy (non-hydrogen) atoms. The topological polar surface area (TPSA) is 69.6 Å². The van der Waals surface area contributed by atoms with Gasteiger partial charge >= 0.3 is 12.0 Å². The molecule has 0 atom stereocenters. The number of halogens is 3. The number of carbonyl (C=O) groups is 2. The number of carboxylic acid groups (broad SMARTS) is 1. The molecule has 0 unspecified atom stereocenters. The number of benzene rings is 1. The van der Waals surface area contributed by atoms with Crippen LogP contribution in [-0.2, 0) is 0 Å². The second-order valence-electron chi connectivity index (χ2n) is 3.67. The average molecular weight is 293 g/mol. The fourth-order valence-corrected chi connectivity index (χ4v) is 1.60. The largest absolute Gasteiger partial charge is 0.478 e. The van der Waals surface area contributed by atoms with Gasteiger partial charge in [0.2, 0.25) is 0 Å². The van der Waals surface area contributed by atoms with Crippen molar-refractivity contribution in [3.8, 4) is 0 Å². The van der Waals surface area contributed by atoms with Crippen molar-refractivity contribution < 1.29 is 23.5 Å². The lowest BCUT2D eigenvalue weighted by Gasteiger charge is -2.18. The summed E-state index contributed by atoms with van der Waals surface area (Å²) in [5.74, 6) is -1.32. The summed E-state index contributed by atoms with van der Waals surface area (Å²) in [4.78, 5) is 23.3. The molecule has 0 heterocycles. The third-order valence-electron chi connectivity index (χ3n) is 2.23. The number of alkyl halides is 2. The normalized spacial score (nSPS) is 10.4. The Kier molecular flexibility index (Phi) is 5.05. The standard InChI is InChI=1S/C11H11ClF2N2O3/c1-16(5-8(13)14)11(19)15-7-4-2-3-6(12)9(7)10(17)18/h2-4,8H,5H2,1H3,(H,15,19)(H,17,18). The highest BCUT2D eigenvalue weighted by molar-refractivity contribution is 6.34. The van der Waals surface area contributed by atoms with Gasteiger partial charge in [-0.3, -0.25) is 0 Å². The second kappa shape index (κ2) is 6.33. The molecule has 0 aromatic heterocycles. The summed E-state index contributed by atoms with van der Waals surface area (Å²) in [6.45, 7) is -0.755. The number of carbonyl (C=O) groups excluding carboxylic acids is 1. The van der Waals surface area contributed by atoms with Gasteiger partial charge in [0.1, 0.15) is 5.56 Å². The Hall–Kier alpha value is -1.89. The number of rotatable bonds is 4. The summed E-state index contributed by atoms with van der Waals surface area (Å²) in [5, 5.41) is 11.1. The summed E-state index contributed by atoms with van der Waals surface area (Å²) >= 11 is 5.71. The molecule has 0 radical (unpaired) electrons. The third kappa shape index (κ3) is 4.06. The minimum absolute atomic E-state index is 0.0499. The van der Waals surface area contributed by atoms with Crippen LogP contribution in [0.3, 0.4) is 0 Å². The predicted octanol–water partition coefficient (Wildman–Crippen LogP) is 2.77. The molecule has 0 saturated carbocycles. The minimum atomic E-state index is -2.67. The van der Waals surface area contributed by atoms with Crippen LogP contribution in [0.2, 0.25) is 5.02 Å². The van der Waals surface area contributed by atoms with Crippen molar-refractivity contribution in [2.75, 3.05) is 18.9 Å². The number of aromatic carboxylic acids is 1. The third-order valence-corrected chi connectivity index (χ3v) is 2.54. The molecule has 0 fully saturated rings. The predicted molar refractivity (Wildman–Crippen MR) is 66.1 cm³/mol. The number of nitrogens with zero attached hydrogens (tertiary/aromatic N) is 1. The van der Waals surface area contributed by atoms with Gasteiger partial charge < -0.3 is 15.3 Å². The first-order valence-electron chi connectivity index (χ1n) is 5.15. The Morgan fingerprint density at radius 3 is 2.63 bits per heavy atom. The highest BCUT2D eigenvalue weighted by Gasteiger charge is 2.19. The molecule has 0 spiro atoms. The Bertz CT molecular complexity index is 497. The van der Waals surface area contributed by atoms with Gasteiger partial charge in [-0.05, 0) is 12.1 Å². The van der Waals surface area contributed by atoms with Gasteiger partial charge in [0.25, 0.3) is 6.43 Å². The van der Waals surface area contributed by atoms with Gasteiger partial charge in [-0.15, -0.1) is 0 Å². The molecule has 0 aliphatic carbocycles. The average Bonchev–Trinajstić information content (AvgIpc) is 2.27. The zero-order valence-corrected chi connectivity index (χ0v) is 10.6. The molecule has 0 aliphatic heterocycles. The molecule has 1 aromatic carbocycles. The SMILES string of the molecule is CN(CC(F)F)C(=O)Nc1cccc(Cl)c1C(=O)O. The quantitative estimate of drug-likeness (QED) is 0.896. The van der Waals surface area contributed by atoms with E-state index < -0.39 is 25.0 Å². The van der Waals surface area contributed by atoms with Crippen molar-refractivity contribution in [3.63, 3.8) is 0 Å². The Morgan fingerprint density at radius 1 is 1.47 bits per heavy atom. The lowest BCUT2D eigenvalue weighted by Crippen LogP contribution is -2.35. The monoisotopic (exact) mass is 292 g/mol. The van der Waals surface area contributed by atoms with Crippen molar-refractivity contribution >= 4 is 29.3 Å². The van der Waals surface area contributed by atoms with E-state index in [2.05, 4.69) is 5.32 Å². The van der Waals surface area contributed by atoms with E-state index in [0.717, 1.165) is 4.90 Å². The van der Waals surface area contributed by atoms with Gasteiger partial charge in [-0.25, -0.2) is 18.4 Å². The van der Waals surface area contributed by atoms with Crippen LogP contribution in [-0.4, -0.2) is 42.0 Å². The van der Waals surface area contributed by atoms with Gasteiger partial charge in [-0.1, -0.05) is 17.7 Å². The van der Waals surface area contributed by atoms with Crippen LogP contribution in [0.25, 0.3) is 0 Å². The van der Waals surface area contributed by atoms with Crippen molar-refractivity contribution in [1.82, 2.24) is 4.90 Å². The van der Waals surface area contributed by atoms with Gasteiger partial charge in [0.15, 0.2) is 0 Å². The molecule has 5 nitrogen and oxygen atoms in total. The summed E-state index contributed by atoms with van der Waals surface area (Å²) in [6, 6.07) is 3.27. The summed E-state index contributed by atoms with van der Waals surface area (Å²) in [6.07, 6.45) is -2.67. The van der Waals surface area contributed by atoms with E-state index in [4.69, 9.17) is 16.7 Å². The summed E-state index contributed by atoms with van der Waals surface area (Å²) in [5.41, 5.74) is -0.339. The molecule has 1 rings (SSSR count). The highest BCUT2D eigenvalue weighted by Crippen LogP contribution is 2.24. The minimum Gasteiger partial charge on any atom is -0.478 e. The van der Waals surface area contributed by atoms with Gasteiger partial charge in [0.05, 0.1) is 17.3 Å². The van der Waals surface area contributed by atoms with Crippen molar-refractivity contribution in [2.24, 2.45) is 0 Å². The maximum atomic E-state index is 12.1. The molecular weight excluding hydrogens is 282 g/mol. The van der Waals surface area contributed by atoms with Crippen molar-refractivity contribution in [3.05, 3.63) is 28.8 Å². The number of anilines is 1. The van der Waals surface area contributed by atoms with E-state index in [-0.39, 0.29) is 16.3 Å². The number of nitrogens with one attached hydrogen (secondary N) is 1. The van der Waals surface area contributed by atoms with Crippen LogP contribution in [0, 0.1) is 0 Å². The molecule has 0 bridgehead atoms. The Balaban J connectivity index is 2.91. The van der Waals surface area contributed by atoms with Crippen LogP contribution in [0.4, 0.5) is 19.3 Å². The maximum Gasteiger partial charge on any atom is 0.339 e.